The largest absolute Gasteiger partial charge is 0.341 e. The highest BCUT2D eigenvalue weighted by Gasteiger charge is 2.05. The van der Waals surface area contributed by atoms with Crippen LogP contribution in [0.4, 0.5) is 10.5 Å². The van der Waals surface area contributed by atoms with Crippen LogP contribution in [0.1, 0.15) is 0 Å². The predicted molar refractivity (Wildman–Crippen MR) is 67.3 cm³/mol. The van der Waals surface area contributed by atoms with Crippen LogP contribution < -0.4 is 10.6 Å². The van der Waals surface area contributed by atoms with E-state index in [1.165, 1.54) is 0 Å². The molecule has 1 aromatic heterocycles. The second-order valence-electron chi connectivity index (χ2n) is 3.31. The van der Waals surface area contributed by atoms with Crippen molar-refractivity contribution in [1.82, 2.24) is 20.7 Å². The molecule has 0 fully saturated rings. The van der Waals surface area contributed by atoms with Crippen LogP contribution in [0.2, 0.25) is 0 Å². The lowest BCUT2D eigenvalue weighted by molar-refractivity contribution is 0.254. The SMILES string of the molecule is CNC(=O)Nc1cccc(-c2n[nH][nH]c2=S)c1. The minimum Gasteiger partial charge on any atom is -0.341 e. The highest BCUT2D eigenvalue weighted by atomic mass is 32.1. The van der Waals surface area contributed by atoms with E-state index in [1.807, 2.05) is 12.1 Å². The summed E-state index contributed by atoms with van der Waals surface area (Å²) in [6, 6.07) is 7.01. The van der Waals surface area contributed by atoms with E-state index in [9.17, 15) is 4.79 Å². The number of hydrogen-bond acceptors (Lipinski definition) is 3. The third-order valence-electron chi connectivity index (χ3n) is 2.17. The molecule has 2 amide bonds. The molecule has 7 heteroatoms. The van der Waals surface area contributed by atoms with E-state index >= 15 is 0 Å². The Morgan fingerprint density at radius 2 is 2.29 bits per heavy atom. The maximum absolute atomic E-state index is 11.2. The molecule has 0 saturated heterocycles. The van der Waals surface area contributed by atoms with Crippen molar-refractivity contribution >= 4 is 23.9 Å². The number of carbonyl (C=O) groups is 1. The molecule has 0 aliphatic carbocycles. The van der Waals surface area contributed by atoms with Gasteiger partial charge >= 0.3 is 6.03 Å². The van der Waals surface area contributed by atoms with Gasteiger partial charge in [0.15, 0.2) is 0 Å². The van der Waals surface area contributed by atoms with Gasteiger partial charge in [-0.15, -0.1) is 0 Å². The minimum absolute atomic E-state index is 0.269. The summed E-state index contributed by atoms with van der Waals surface area (Å²) in [6.45, 7) is 0. The van der Waals surface area contributed by atoms with Gasteiger partial charge in [0.2, 0.25) is 0 Å². The summed E-state index contributed by atoms with van der Waals surface area (Å²) in [5, 5.41) is 14.5. The summed E-state index contributed by atoms with van der Waals surface area (Å²) in [6.07, 6.45) is 0. The van der Waals surface area contributed by atoms with Crippen molar-refractivity contribution in [3.63, 3.8) is 0 Å². The average molecular weight is 249 g/mol. The van der Waals surface area contributed by atoms with Crippen LogP contribution >= 0.6 is 12.2 Å². The lowest BCUT2D eigenvalue weighted by Gasteiger charge is -2.05. The lowest BCUT2D eigenvalue weighted by Crippen LogP contribution is -2.24. The third kappa shape index (κ3) is 2.51. The van der Waals surface area contributed by atoms with Gasteiger partial charge in [0.1, 0.15) is 10.3 Å². The predicted octanol–water partition coefficient (Wildman–Crippen LogP) is 1.89. The normalized spacial score (nSPS) is 9.94. The van der Waals surface area contributed by atoms with E-state index in [0.717, 1.165) is 5.56 Å². The Hall–Kier alpha value is -2.15. The molecule has 17 heavy (non-hydrogen) atoms. The van der Waals surface area contributed by atoms with Crippen LogP contribution in [-0.2, 0) is 0 Å². The molecule has 1 heterocycles. The van der Waals surface area contributed by atoms with Crippen molar-refractivity contribution in [2.45, 2.75) is 0 Å². The van der Waals surface area contributed by atoms with Crippen LogP contribution in [0.25, 0.3) is 11.3 Å². The molecule has 0 saturated carbocycles. The monoisotopic (exact) mass is 249 g/mol. The summed E-state index contributed by atoms with van der Waals surface area (Å²) in [4.78, 5) is 11.2. The smallest absolute Gasteiger partial charge is 0.318 e. The standard InChI is InChI=1S/C10H11N5OS/c1-11-10(16)12-7-4-2-3-6(5-7)8-9(17)14-15-13-8/h2-5H,1H3,(H2,11,12,16)(H2,13,14,15,17). The van der Waals surface area contributed by atoms with Gasteiger partial charge in [0, 0.05) is 18.3 Å². The van der Waals surface area contributed by atoms with E-state index in [1.54, 1.807) is 19.2 Å². The summed E-state index contributed by atoms with van der Waals surface area (Å²) < 4.78 is 0.530. The van der Waals surface area contributed by atoms with Crippen LogP contribution in [0.15, 0.2) is 24.3 Å². The van der Waals surface area contributed by atoms with Crippen LogP contribution in [0.5, 0.6) is 0 Å². The molecule has 88 valence electrons. The van der Waals surface area contributed by atoms with E-state index in [4.69, 9.17) is 12.2 Å². The van der Waals surface area contributed by atoms with Crippen molar-refractivity contribution < 1.29 is 4.79 Å². The van der Waals surface area contributed by atoms with Gasteiger partial charge in [0.25, 0.3) is 0 Å². The zero-order valence-corrected chi connectivity index (χ0v) is 9.89. The molecule has 0 bridgehead atoms. The number of carbonyl (C=O) groups excluding carboxylic acids is 1. The minimum atomic E-state index is -0.269. The highest BCUT2D eigenvalue weighted by Crippen LogP contribution is 2.20. The number of nitrogens with zero attached hydrogens (tertiary/aromatic N) is 1. The summed E-state index contributed by atoms with van der Waals surface area (Å²) in [7, 11) is 1.56. The molecular weight excluding hydrogens is 238 g/mol. The summed E-state index contributed by atoms with van der Waals surface area (Å²) >= 11 is 5.07. The number of aromatic nitrogens is 3. The Balaban J connectivity index is 2.32. The van der Waals surface area contributed by atoms with Crippen LogP contribution in [-0.4, -0.2) is 28.5 Å². The number of amides is 2. The third-order valence-corrected chi connectivity index (χ3v) is 2.47. The fourth-order valence-electron chi connectivity index (χ4n) is 1.38. The second-order valence-corrected chi connectivity index (χ2v) is 3.72. The first-order chi connectivity index (χ1) is 8.20. The zero-order chi connectivity index (χ0) is 12.3. The maximum atomic E-state index is 11.2. The summed E-state index contributed by atoms with van der Waals surface area (Å²) in [5.41, 5.74) is 2.17. The van der Waals surface area contributed by atoms with Gasteiger partial charge in [-0.25, -0.2) is 10.0 Å². The first-order valence-corrected chi connectivity index (χ1v) is 5.34. The van der Waals surface area contributed by atoms with Crippen LogP contribution in [0, 0.1) is 4.64 Å². The van der Waals surface area contributed by atoms with Gasteiger partial charge in [-0.1, -0.05) is 24.4 Å². The van der Waals surface area contributed by atoms with Gasteiger partial charge in [0.05, 0.1) is 0 Å². The number of anilines is 1. The number of hydrogen-bond donors (Lipinski definition) is 4. The molecule has 4 N–H and O–H groups in total. The molecule has 2 rings (SSSR count). The molecule has 0 atom stereocenters. The Morgan fingerprint density at radius 1 is 1.47 bits per heavy atom. The Bertz CT molecular complexity index is 588. The van der Waals surface area contributed by atoms with Crippen molar-refractivity contribution in [3.8, 4) is 11.3 Å². The van der Waals surface area contributed by atoms with Crippen LogP contribution in [0.3, 0.4) is 0 Å². The maximum Gasteiger partial charge on any atom is 0.318 e. The molecule has 2 aromatic rings. The number of H-pyrrole nitrogens is 2. The highest BCUT2D eigenvalue weighted by molar-refractivity contribution is 7.71. The topological polar surface area (TPSA) is 85.6 Å². The van der Waals surface area contributed by atoms with Crippen molar-refractivity contribution in [3.05, 3.63) is 28.9 Å². The molecule has 0 aliphatic rings. The molecule has 0 aliphatic heterocycles. The Morgan fingerprint density at radius 3 is 2.94 bits per heavy atom. The van der Waals surface area contributed by atoms with E-state index < -0.39 is 0 Å². The molecule has 1 aromatic carbocycles. The molecule has 0 unspecified atom stereocenters. The van der Waals surface area contributed by atoms with Gasteiger partial charge in [-0.2, -0.15) is 5.10 Å². The molecular formula is C10H11N5OS. The molecule has 0 spiro atoms. The quantitative estimate of drug-likeness (QED) is 0.613. The van der Waals surface area contributed by atoms with Gasteiger partial charge in [-0.05, 0) is 12.1 Å². The first-order valence-electron chi connectivity index (χ1n) is 4.93. The number of aromatic amines is 2. The van der Waals surface area contributed by atoms with Crippen molar-refractivity contribution in [2.75, 3.05) is 12.4 Å². The lowest BCUT2D eigenvalue weighted by atomic mass is 10.1. The van der Waals surface area contributed by atoms with E-state index in [2.05, 4.69) is 26.0 Å². The van der Waals surface area contributed by atoms with Gasteiger partial charge in [-0.3, -0.25) is 5.10 Å². The number of urea groups is 1. The zero-order valence-electron chi connectivity index (χ0n) is 9.07. The van der Waals surface area contributed by atoms with E-state index in [0.29, 0.717) is 16.0 Å². The molecule has 6 nitrogen and oxygen atoms in total. The first kappa shape index (κ1) is 11.3. The average Bonchev–Trinajstić information content (AvgIpc) is 2.75. The number of rotatable bonds is 2. The van der Waals surface area contributed by atoms with E-state index in [-0.39, 0.29) is 6.03 Å². The fraction of sp³-hybridized carbons (Fsp3) is 0.100. The van der Waals surface area contributed by atoms with Crippen molar-refractivity contribution in [2.24, 2.45) is 0 Å². The van der Waals surface area contributed by atoms with Crippen molar-refractivity contribution in [1.29, 1.82) is 0 Å². The fourth-order valence-corrected chi connectivity index (χ4v) is 1.59. The Labute approximate surface area is 102 Å². The Kier molecular flexibility index (Phi) is 3.20. The number of nitrogens with one attached hydrogen (secondary N) is 4. The second kappa shape index (κ2) is 4.79. The number of benzene rings is 1. The molecule has 0 radical (unpaired) electrons. The summed E-state index contributed by atoms with van der Waals surface area (Å²) in [5.74, 6) is 0. The van der Waals surface area contributed by atoms with Gasteiger partial charge < -0.3 is 10.6 Å².